The van der Waals surface area contributed by atoms with Gasteiger partial charge in [-0.25, -0.2) is 0 Å². The van der Waals surface area contributed by atoms with E-state index in [9.17, 15) is 9.59 Å². The van der Waals surface area contributed by atoms with Crippen LogP contribution in [-0.2, 0) is 11.2 Å². The SMILES string of the molecule is CCc1ccccc1-n1cnnc1SCC(=O)Nc1cccc(C(=O)N(CC)CC)c1. The number of aryl methyl sites for hydroxylation is 1. The molecule has 0 unspecified atom stereocenters. The zero-order valence-corrected chi connectivity index (χ0v) is 18.9. The highest BCUT2D eigenvalue weighted by Crippen LogP contribution is 2.23. The van der Waals surface area contributed by atoms with Gasteiger partial charge in [0.1, 0.15) is 6.33 Å². The molecule has 0 saturated carbocycles. The number of nitrogens with one attached hydrogen (secondary N) is 1. The second-order valence-corrected chi connectivity index (χ2v) is 7.80. The molecule has 1 aromatic heterocycles. The molecule has 0 bridgehead atoms. The number of carbonyl (C=O) groups excluding carboxylic acids is 2. The largest absolute Gasteiger partial charge is 0.339 e. The average molecular weight is 438 g/mol. The van der Waals surface area contributed by atoms with Gasteiger partial charge in [0.15, 0.2) is 5.16 Å². The first kappa shape index (κ1) is 22.6. The van der Waals surface area contributed by atoms with Gasteiger partial charge in [0.25, 0.3) is 5.91 Å². The van der Waals surface area contributed by atoms with Gasteiger partial charge in [-0.15, -0.1) is 10.2 Å². The van der Waals surface area contributed by atoms with Gasteiger partial charge < -0.3 is 10.2 Å². The first-order valence-corrected chi connectivity index (χ1v) is 11.4. The van der Waals surface area contributed by atoms with E-state index in [4.69, 9.17) is 0 Å². The third-order valence-corrected chi connectivity index (χ3v) is 5.87. The van der Waals surface area contributed by atoms with Gasteiger partial charge in [-0.1, -0.05) is 43.0 Å². The smallest absolute Gasteiger partial charge is 0.253 e. The number of carbonyl (C=O) groups is 2. The Morgan fingerprint density at radius 1 is 1.06 bits per heavy atom. The average Bonchev–Trinajstić information content (AvgIpc) is 3.27. The molecule has 31 heavy (non-hydrogen) atoms. The van der Waals surface area contributed by atoms with Crippen molar-refractivity contribution in [1.82, 2.24) is 19.7 Å². The summed E-state index contributed by atoms with van der Waals surface area (Å²) < 4.78 is 1.90. The Balaban J connectivity index is 1.65. The molecule has 3 rings (SSSR count). The van der Waals surface area contributed by atoms with Gasteiger partial charge in [0.05, 0.1) is 11.4 Å². The Bertz CT molecular complexity index is 1050. The lowest BCUT2D eigenvalue weighted by molar-refractivity contribution is -0.113. The van der Waals surface area contributed by atoms with E-state index in [0.29, 0.717) is 29.5 Å². The highest BCUT2D eigenvalue weighted by Gasteiger charge is 2.15. The quantitative estimate of drug-likeness (QED) is 0.511. The van der Waals surface area contributed by atoms with E-state index in [1.165, 1.54) is 17.3 Å². The second-order valence-electron chi connectivity index (χ2n) is 6.86. The Morgan fingerprint density at radius 2 is 1.84 bits per heavy atom. The standard InChI is InChI=1S/C23H27N5O2S/c1-4-17-10-7-8-13-20(17)28-16-24-26-23(28)31-15-21(29)25-19-12-9-11-18(14-19)22(30)27(5-2)6-3/h7-14,16H,4-6,15H2,1-3H3,(H,25,29). The van der Waals surface area contributed by atoms with Crippen molar-refractivity contribution in [2.24, 2.45) is 0 Å². The van der Waals surface area contributed by atoms with Gasteiger partial charge in [0, 0.05) is 24.3 Å². The summed E-state index contributed by atoms with van der Waals surface area (Å²) in [7, 11) is 0. The zero-order valence-electron chi connectivity index (χ0n) is 18.0. The fraction of sp³-hybridized carbons (Fsp3) is 0.304. The molecule has 2 amide bonds. The van der Waals surface area contributed by atoms with E-state index in [-0.39, 0.29) is 17.6 Å². The summed E-state index contributed by atoms with van der Waals surface area (Å²) in [6, 6.07) is 15.1. The van der Waals surface area contributed by atoms with Crippen LogP contribution in [0.4, 0.5) is 5.69 Å². The molecule has 1 heterocycles. The Kier molecular flexibility index (Phi) is 7.83. The monoisotopic (exact) mass is 437 g/mol. The molecule has 0 spiro atoms. The lowest BCUT2D eigenvalue weighted by Crippen LogP contribution is -2.30. The fourth-order valence-electron chi connectivity index (χ4n) is 3.28. The Hall–Kier alpha value is -3.13. The highest BCUT2D eigenvalue weighted by atomic mass is 32.2. The van der Waals surface area contributed by atoms with E-state index in [2.05, 4.69) is 28.5 Å². The molecule has 2 aromatic carbocycles. The van der Waals surface area contributed by atoms with Crippen LogP contribution >= 0.6 is 11.8 Å². The summed E-state index contributed by atoms with van der Waals surface area (Å²) in [4.78, 5) is 26.8. The first-order chi connectivity index (χ1) is 15.1. The van der Waals surface area contributed by atoms with Crippen molar-refractivity contribution in [3.05, 3.63) is 66.0 Å². The van der Waals surface area contributed by atoms with Crippen molar-refractivity contribution in [3.8, 4) is 5.69 Å². The molecule has 0 aliphatic carbocycles. The van der Waals surface area contributed by atoms with Crippen LogP contribution in [-0.4, -0.2) is 50.3 Å². The maximum absolute atomic E-state index is 12.5. The van der Waals surface area contributed by atoms with Gasteiger partial charge in [-0.05, 0) is 50.1 Å². The number of nitrogens with zero attached hydrogens (tertiary/aromatic N) is 4. The number of anilines is 1. The van der Waals surface area contributed by atoms with Crippen molar-refractivity contribution in [1.29, 1.82) is 0 Å². The number of para-hydroxylation sites is 1. The molecule has 0 radical (unpaired) electrons. The van der Waals surface area contributed by atoms with Crippen molar-refractivity contribution in [2.75, 3.05) is 24.2 Å². The number of rotatable bonds is 9. The van der Waals surface area contributed by atoms with Gasteiger partial charge in [-0.2, -0.15) is 0 Å². The summed E-state index contributed by atoms with van der Waals surface area (Å²) in [5.74, 6) is -0.0322. The van der Waals surface area contributed by atoms with Gasteiger partial charge in [-0.3, -0.25) is 14.2 Å². The maximum Gasteiger partial charge on any atom is 0.253 e. The number of benzene rings is 2. The summed E-state index contributed by atoms with van der Waals surface area (Å²) in [5, 5.41) is 11.7. The molecule has 0 atom stereocenters. The van der Waals surface area contributed by atoms with Crippen LogP contribution < -0.4 is 5.32 Å². The highest BCUT2D eigenvalue weighted by molar-refractivity contribution is 7.99. The molecule has 0 saturated heterocycles. The van der Waals surface area contributed by atoms with Crippen LogP contribution in [0.5, 0.6) is 0 Å². The Morgan fingerprint density at radius 3 is 2.58 bits per heavy atom. The third-order valence-electron chi connectivity index (χ3n) is 4.92. The normalized spacial score (nSPS) is 10.7. The number of aromatic nitrogens is 3. The number of thioether (sulfide) groups is 1. The summed E-state index contributed by atoms with van der Waals surface area (Å²) in [6.07, 6.45) is 2.55. The number of hydrogen-bond donors (Lipinski definition) is 1. The number of hydrogen-bond acceptors (Lipinski definition) is 5. The van der Waals surface area contributed by atoms with E-state index < -0.39 is 0 Å². The topological polar surface area (TPSA) is 80.1 Å². The first-order valence-electron chi connectivity index (χ1n) is 10.4. The minimum atomic E-state index is -0.171. The van der Waals surface area contributed by atoms with Crippen LogP contribution in [0.3, 0.4) is 0 Å². The maximum atomic E-state index is 12.5. The molecule has 0 fully saturated rings. The molecule has 7 nitrogen and oxygen atoms in total. The lowest BCUT2D eigenvalue weighted by atomic mass is 10.1. The van der Waals surface area contributed by atoms with Crippen LogP contribution in [0.25, 0.3) is 5.69 Å². The molecule has 8 heteroatoms. The molecular weight excluding hydrogens is 410 g/mol. The predicted molar refractivity (Wildman–Crippen MR) is 124 cm³/mol. The fourth-order valence-corrected chi connectivity index (χ4v) is 4.01. The molecule has 0 aliphatic rings. The predicted octanol–water partition coefficient (Wildman–Crippen LogP) is 4.04. The van der Waals surface area contributed by atoms with Crippen molar-refractivity contribution in [2.45, 2.75) is 32.3 Å². The van der Waals surface area contributed by atoms with E-state index in [1.54, 1.807) is 35.5 Å². The molecule has 1 N–H and O–H groups in total. The van der Waals surface area contributed by atoms with Crippen LogP contribution in [0.1, 0.15) is 36.7 Å². The van der Waals surface area contributed by atoms with E-state index >= 15 is 0 Å². The van der Waals surface area contributed by atoms with Crippen molar-refractivity contribution < 1.29 is 9.59 Å². The van der Waals surface area contributed by atoms with Gasteiger partial charge >= 0.3 is 0 Å². The van der Waals surface area contributed by atoms with E-state index in [1.807, 2.05) is 36.6 Å². The van der Waals surface area contributed by atoms with Crippen molar-refractivity contribution in [3.63, 3.8) is 0 Å². The van der Waals surface area contributed by atoms with Crippen LogP contribution in [0.15, 0.2) is 60.0 Å². The van der Waals surface area contributed by atoms with Crippen molar-refractivity contribution >= 4 is 29.3 Å². The minimum absolute atomic E-state index is 0.0434. The lowest BCUT2D eigenvalue weighted by Gasteiger charge is -2.19. The second kappa shape index (κ2) is 10.8. The minimum Gasteiger partial charge on any atom is -0.339 e. The number of amides is 2. The van der Waals surface area contributed by atoms with Gasteiger partial charge in [0.2, 0.25) is 5.91 Å². The molecule has 162 valence electrons. The van der Waals surface area contributed by atoms with Crippen LogP contribution in [0, 0.1) is 0 Å². The molecular formula is C23H27N5O2S. The van der Waals surface area contributed by atoms with Crippen LogP contribution in [0.2, 0.25) is 0 Å². The summed E-state index contributed by atoms with van der Waals surface area (Å²) in [6.45, 7) is 7.28. The molecule has 3 aromatic rings. The third kappa shape index (κ3) is 5.52. The summed E-state index contributed by atoms with van der Waals surface area (Å²) in [5.41, 5.74) is 3.36. The zero-order chi connectivity index (χ0) is 22.2. The van der Waals surface area contributed by atoms with E-state index in [0.717, 1.165) is 12.1 Å². The summed E-state index contributed by atoms with van der Waals surface area (Å²) >= 11 is 1.32. The Labute approximate surface area is 186 Å². The molecule has 0 aliphatic heterocycles.